The molecule has 0 aliphatic carbocycles. The summed E-state index contributed by atoms with van der Waals surface area (Å²) < 4.78 is 1.82. The Morgan fingerprint density at radius 1 is 1.29 bits per heavy atom. The Labute approximate surface area is 103 Å². The summed E-state index contributed by atoms with van der Waals surface area (Å²) in [6, 6.07) is 4.05. The topological polar surface area (TPSA) is 43.1 Å². The van der Waals surface area contributed by atoms with Gasteiger partial charge in [0.25, 0.3) is 5.78 Å². The average Bonchev–Trinajstić information content (AvgIpc) is 2.97. The number of thiophene rings is 1. The Kier molecular flexibility index (Phi) is 2.40. The van der Waals surface area contributed by atoms with Gasteiger partial charge in [-0.3, -0.25) is 0 Å². The van der Waals surface area contributed by atoms with Crippen LogP contribution >= 0.6 is 11.3 Å². The van der Waals surface area contributed by atoms with Crippen LogP contribution in [0.1, 0.15) is 25.6 Å². The van der Waals surface area contributed by atoms with Crippen LogP contribution in [0.25, 0.3) is 17.0 Å². The molecule has 0 spiro atoms. The molecule has 0 aliphatic heterocycles. The van der Waals surface area contributed by atoms with Crippen molar-refractivity contribution in [3.8, 4) is 11.3 Å². The molecule has 0 aromatic carbocycles. The Hall–Kier alpha value is -1.75. The number of rotatable bonds is 2. The maximum absolute atomic E-state index is 4.52. The van der Waals surface area contributed by atoms with Crippen molar-refractivity contribution in [2.24, 2.45) is 0 Å². The van der Waals surface area contributed by atoms with Crippen LogP contribution in [-0.4, -0.2) is 19.6 Å². The average molecular weight is 244 g/mol. The van der Waals surface area contributed by atoms with Gasteiger partial charge < -0.3 is 0 Å². The maximum atomic E-state index is 4.52. The molecule has 3 aromatic rings. The van der Waals surface area contributed by atoms with Gasteiger partial charge in [0, 0.05) is 23.1 Å². The van der Waals surface area contributed by atoms with Crippen molar-refractivity contribution in [3.63, 3.8) is 0 Å². The molecule has 0 saturated carbocycles. The molecular formula is C12H12N4S. The summed E-state index contributed by atoms with van der Waals surface area (Å²) in [5.41, 5.74) is 2.19. The van der Waals surface area contributed by atoms with Crippen molar-refractivity contribution in [2.45, 2.75) is 19.8 Å². The lowest BCUT2D eigenvalue weighted by atomic mass is 10.2. The lowest BCUT2D eigenvalue weighted by molar-refractivity contribution is 0.767. The highest BCUT2D eigenvalue weighted by Crippen LogP contribution is 2.22. The first kappa shape index (κ1) is 10.4. The highest BCUT2D eigenvalue weighted by atomic mass is 32.1. The molecule has 0 saturated heterocycles. The van der Waals surface area contributed by atoms with E-state index in [0.29, 0.717) is 11.7 Å². The zero-order valence-corrected chi connectivity index (χ0v) is 10.5. The summed E-state index contributed by atoms with van der Waals surface area (Å²) in [5.74, 6) is 1.81. The molecule has 0 bridgehead atoms. The highest BCUT2D eigenvalue weighted by Gasteiger charge is 2.11. The van der Waals surface area contributed by atoms with Gasteiger partial charge in [-0.25, -0.2) is 4.98 Å². The largest absolute Gasteiger partial charge is 0.252 e. The molecule has 3 rings (SSSR count). The van der Waals surface area contributed by atoms with Crippen LogP contribution in [0.3, 0.4) is 0 Å². The molecule has 3 aromatic heterocycles. The molecule has 17 heavy (non-hydrogen) atoms. The van der Waals surface area contributed by atoms with E-state index >= 15 is 0 Å². The highest BCUT2D eigenvalue weighted by molar-refractivity contribution is 7.08. The van der Waals surface area contributed by atoms with Crippen molar-refractivity contribution in [2.75, 3.05) is 0 Å². The van der Waals surface area contributed by atoms with E-state index in [4.69, 9.17) is 0 Å². The van der Waals surface area contributed by atoms with E-state index in [2.05, 4.69) is 45.7 Å². The third kappa shape index (κ3) is 1.72. The quantitative estimate of drug-likeness (QED) is 0.696. The molecule has 0 unspecified atom stereocenters. The maximum Gasteiger partial charge on any atom is 0.252 e. The summed E-state index contributed by atoms with van der Waals surface area (Å²) in [5, 5.41) is 8.68. The molecule has 5 heteroatoms. The number of fused-ring (bicyclic) bond motifs is 1. The Balaban J connectivity index is 2.25. The van der Waals surface area contributed by atoms with Crippen LogP contribution in [0.2, 0.25) is 0 Å². The van der Waals surface area contributed by atoms with E-state index in [1.165, 1.54) is 0 Å². The van der Waals surface area contributed by atoms with Crippen LogP contribution in [0, 0.1) is 0 Å². The van der Waals surface area contributed by atoms with Crippen LogP contribution in [0.4, 0.5) is 0 Å². The van der Waals surface area contributed by atoms with Gasteiger partial charge in [0.05, 0.1) is 5.69 Å². The van der Waals surface area contributed by atoms with E-state index in [-0.39, 0.29) is 0 Å². The van der Waals surface area contributed by atoms with Crippen LogP contribution in [0.15, 0.2) is 29.1 Å². The molecule has 0 radical (unpaired) electrons. The molecule has 86 valence electrons. The SMILES string of the molecule is CC(C)c1nc2nccc(-c3ccsc3)n2n1. The van der Waals surface area contributed by atoms with Crippen LogP contribution in [-0.2, 0) is 0 Å². The van der Waals surface area contributed by atoms with Gasteiger partial charge >= 0.3 is 0 Å². The lowest BCUT2D eigenvalue weighted by Crippen LogP contribution is -1.96. The summed E-state index contributed by atoms with van der Waals surface area (Å²) in [4.78, 5) is 8.67. The fraction of sp³-hybridized carbons (Fsp3) is 0.250. The number of hydrogen-bond donors (Lipinski definition) is 0. The molecule has 0 atom stereocenters. The van der Waals surface area contributed by atoms with Gasteiger partial charge in [0.15, 0.2) is 5.82 Å². The number of hydrogen-bond acceptors (Lipinski definition) is 4. The van der Waals surface area contributed by atoms with Gasteiger partial charge in [0.1, 0.15) is 0 Å². The molecule has 0 N–H and O–H groups in total. The monoisotopic (exact) mass is 244 g/mol. The summed E-state index contributed by atoms with van der Waals surface area (Å²) in [7, 11) is 0. The number of aromatic nitrogens is 4. The molecule has 0 fully saturated rings. The minimum atomic E-state index is 0.312. The molecule has 0 amide bonds. The van der Waals surface area contributed by atoms with Gasteiger partial charge in [-0.05, 0) is 17.5 Å². The zero-order valence-electron chi connectivity index (χ0n) is 9.66. The molecular weight excluding hydrogens is 232 g/mol. The molecule has 4 nitrogen and oxygen atoms in total. The molecule has 0 aliphatic rings. The summed E-state index contributed by atoms with van der Waals surface area (Å²) in [6.07, 6.45) is 1.78. The first-order chi connectivity index (χ1) is 8.25. The van der Waals surface area contributed by atoms with Crippen molar-refractivity contribution in [1.82, 2.24) is 19.6 Å². The minimum absolute atomic E-state index is 0.312. The first-order valence-corrected chi connectivity index (χ1v) is 6.44. The third-order valence-corrected chi connectivity index (χ3v) is 3.27. The smallest absolute Gasteiger partial charge is 0.220 e. The van der Waals surface area contributed by atoms with E-state index in [9.17, 15) is 0 Å². The van der Waals surface area contributed by atoms with Crippen LogP contribution < -0.4 is 0 Å². The van der Waals surface area contributed by atoms with Gasteiger partial charge in [-0.15, -0.1) is 5.10 Å². The predicted octanol–water partition coefficient (Wildman–Crippen LogP) is 2.98. The van der Waals surface area contributed by atoms with E-state index in [0.717, 1.165) is 17.1 Å². The normalized spacial score (nSPS) is 11.5. The Bertz CT molecular complexity index is 640. The van der Waals surface area contributed by atoms with E-state index < -0.39 is 0 Å². The summed E-state index contributed by atoms with van der Waals surface area (Å²) in [6.45, 7) is 4.16. The van der Waals surface area contributed by atoms with Gasteiger partial charge in [0.2, 0.25) is 0 Å². The van der Waals surface area contributed by atoms with Crippen LogP contribution in [0.5, 0.6) is 0 Å². The Morgan fingerprint density at radius 2 is 2.18 bits per heavy atom. The second-order valence-corrected chi connectivity index (χ2v) is 4.96. The second kappa shape index (κ2) is 3.92. The van der Waals surface area contributed by atoms with Crippen molar-refractivity contribution < 1.29 is 0 Å². The second-order valence-electron chi connectivity index (χ2n) is 4.18. The molecule has 3 heterocycles. The third-order valence-electron chi connectivity index (χ3n) is 2.59. The minimum Gasteiger partial charge on any atom is -0.220 e. The van der Waals surface area contributed by atoms with Crippen molar-refractivity contribution in [1.29, 1.82) is 0 Å². The van der Waals surface area contributed by atoms with Gasteiger partial charge in [-0.2, -0.15) is 20.8 Å². The van der Waals surface area contributed by atoms with E-state index in [1.807, 2.05) is 10.6 Å². The van der Waals surface area contributed by atoms with E-state index in [1.54, 1.807) is 17.5 Å². The van der Waals surface area contributed by atoms with Crippen molar-refractivity contribution in [3.05, 3.63) is 34.9 Å². The number of nitrogens with zero attached hydrogens (tertiary/aromatic N) is 4. The predicted molar refractivity (Wildman–Crippen MR) is 68.2 cm³/mol. The van der Waals surface area contributed by atoms with Crippen molar-refractivity contribution >= 4 is 17.1 Å². The fourth-order valence-corrected chi connectivity index (χ4v) is 2.33. The Morgan fingerprint density at radius 3 is 2.88 bits per heavy atom. The zero-order chi connectivity index (χ0) is 11.8. The summed E-state index contributed by atoms with van der Waals surface area (Å²) >= 11 is 1.67. The standard InChI is InChI=1S/C12H12N4S/c1-8(2)11-14-12-13-5-3-10(16(12)15-11)9-4-6-17-7-9/h3-8H,1-2H3. The first-order valence-electron chi connectivity index (χ1n) is 5.50. The lowest BCUT2D eigenvalue weighted by Gasteiger charge is -1.99. The fourth-order valence-electron chi connectivity index (χ4n) is 1.68. The van der Waals surface area contributed by atoms with Gasteiger partial charge in [-0.1, -0.05) is 13.8 Å².